The summed E-state index contributed by atoms with van der Waals surface area (Å²) in [6, 6.07) is 0.675. The number of nitrogens with two attached hydrogens (primary N) is 1. The number of aromatic nitrogens is 1. The van der Waals surface area contributed by atoms with Gasteiger partial charge in [-0.3, -0.25) is 47.9 Å². The van der Waals surface area contributed by atoms with E-state index in [0.29, 0.717) is 32.1 Å². The van der Waals surface area contributed by atoms with Crippen LogP contribution in [0.3, 0.4) is 0 Å². The number of carbonyl (C=O) groups excluding carboxylic acids is 10. The molecule has 1 fully saturated rings. The van der Waals surface area contributed by atoms with Crippen LogP contribution in [0.25, 0.3) is 10.9 Å². The van der Waals surface area contributed by atoms with Gasteiger partial charge >= 0.3 is 0 Å². The smallest absolute Gasteiger partial charge is 0.287 e. The van der Waals surface area contributed by atoms with Crippen LogP contribution in [-0.2, 0) is 54.4 Å². The second-order valence-electron chi connectivity index (χ2n) is 17.1. The topological polar surface area (TPSA) is 300 Å². The Labute approximate surface area is 379 Å². The lowest BCUT2D eigenvalue weighted by atomic mass is 9.95. The van der Waals surface area contributed by atoms with E-state index in [4.69, 9.17) is 5.73 Å². The van der Waals surface area contributed by atoms with Crippen molar-refractivity contribution < 1.29 is 47.9 Å². The molecule has 0 unspecified atom stereocenters. The molecule has 1 aromatic carbocycles. The predicted octanol–water partition coefficient (Wildman–Crippen LogP) is 0.125. The first-order valence-electron chi connectivity index (χ1n) is 22.5. The van der Waals surface area contributed by atoms with Crippen LogP contribution in [0, 0.1) is 11.8 Å². The van der Waals surface area contributed by atoms with Gasteiger partial charge in [0.2, 0.25) is 53.0 Å². The van der Waals surface area contributed by atoms with Gasteiger partial charge in [0.25, 0.3) is 5.91 Å². The van der Waals surface area contributed by atoms with Crippen molar-refractivity contribution in [3.63, 3.8) is 0 Å². The van der Waals surface area contributed by atoms with Crippen LogP contribution < -0.4 is 43.0 Å². The third-order valence-corrected chi connectivity index (χ3v) is 11.5. The molecule has 7 atom stereocenters. The average Bonchev–Trinajstić information content (AvgIpc) is 3.93. The van der Waals surface area contributed by atoms with Gasteiger partial charge in [-0.2, -0.15) is 0 Å². The monoisotopic (exact) mass is 909 g/mol. The molecule has 358 valence electrons. The number of Topliss-reactive ketones (excluding diaryl/α,β-unsaturated/α-hetero) is 1. The molecule has 10 N–H and O–H groups in total. The highest BCUT2D eigenvalue weighted by Gasteiger charge is 2.40. The molecule has 0 bridgehead atoms. The lowest BCUT2D eigenvalue weighted by Gasteiger charge is -2.32. The standard InChI is InChI=1S/C45H68N10O10/c1-8-10-15-31(51-40(60)32(18-19-36(57)43(63)47-7)50-37(58)24-48-27(6)56)41(61)54-38(26(5)9-2)44(64)53-34(21-25(3)4)45(65)55-20-13-17-35(55)42(62)52-33(39(46)59)22-28-23-49-30-16-12-11-14-29(28)30/h11-12,14,16,23,25-26,31-35,38,49H,8-10,13,15,17-22,24H2,1-7H3,(H2,46,59)(H,47,63)(H,48,56)(H,50,58)(H,51,60)(H,52,62)(H,53,64)(H,54,61)/t26-,31-,32-,33-,34-,35-,38-/m0/s1. The number of likely N-dealkylation sites (N-methyl/N-ethyl adjacent to an activating group) is 1. The third-order valence-electron chi connectivity index (χ3n) is 11.5. The van der Waals surface area contributed by atoms with E-state index < -0.39 is 114 Å². The third kappa shape index (κ3) is 16.0. The molecule has 0 radical (unpaired) electrons. The normalized spacial score (nSPS) is 16.2. The van der Waals surface area contributed by atoms with Crippen LogP contribution in [0.1, 0.15) is 105 Å². The number of likely N-dealkylation sites (tertiary alicyclic amines) is 1. The Kier molecular flexibility index (Phi) is 21.1. The number of amides is 9. The Balaban J connectivity index is 1.80. The molecule has 1 aliphatic rings. The molecule has 20 heteroatoms. The highest BCUT2D eigenvalue weighted by Crippen LogP contribution is 2.23. The van der Waals surface area contributed by atoms with Gasteiger partial charge in [-0.25, -0.2) is 0 Å². The second kappa shape index (κ2) is 25.8. The summed E-state index contributed by atoms with van der Waals surface area (Å²) in [5, 5.41) is 18.9. The quantitative estimate of drug-likeness (QED) is 0.0575. The zero-order valence-corrected chi connectivity index (χ0v) is 38.6. The molecule has 1 saturated heterocycles. The number of benzene rings is 1. The van der Waals surface area contributed by atoms with Crippen LogP contribution in [-0.4, -0.2) is 125 Å². The summed E-state index contributed by atoms with van der Waals surface area (Å²) in [6.07, 6.45) is 3.86. The van der Waals surface area contributed by atoms with Gasteiger partial charge in [0, 0.05) is 50.5 Å². The van der Waals surface area contributed by atoms with Crippen molar-refractivity contribution in [3.8, 4) is 0 Å². The minimum atomic E-state index is -1.38. The van der Waals surface area contributed by atoms with Gasteiger partial charge in [0.1, 0.15) is 36.3 Å². The number of fused-ring (bicyclic) bond motifs is 1. The molecule has 0 spiro atoms. The van der Waals surface area contributed by atoms with Crippen LogP contribution in [0.4, 0.5) is 0 Å². The summed E-state index contributed by atoms with van der Waals surface area (Å²) in [6.45, 7) is 10.2. The summed E-state index contributed by atoms with van der Waals surface area (Å²) in [4.78, 5) is 136. The van der Waals surface area contributed by atoms with Crippen molar-refractivity contribution in [2.75, 3.05) is 20.1 Å². The zero-order chi connectivity index (χ0) is 48.4. The van der Waals surface area contributed by atoms with Gasteiger partial charge in [-0.05, 0) is 55.6 Å². The first-order valence-corrected chi connectivity index (χ1v) is 22.5. The van der Waals surface area contributed by atoms with Crippen molar-refractivity contribution in [1.29, 1.82) is 0 Å². The number of H-pyrrole nitrogens is 1. The van der Waals surface area contributed by atoms with Crippen LogP contribution in [0.5, 0.6) is 0 Å². The maximum absolute atomic E-state index is 14.4. The van der Waals surface area contributed by atoms with Crippen molar-refractivity contribution >= 4 is 69.9 Å². The zero-order valence-electron chi connectivity index (χ0n) is 38.6. The van der Waals surface area contributed by atoms with E-state index in [1.54, 1.807) is 13.1 Å². The minimum absolute atomic E-state index is 0.0850. The number of ketones is 1. The largest absolute Gasteiger partial charge is 0.368 e. The highest BCUT2D eigenvalue weighted by molar-refractivity contribution is 6.36. The Morgan fingerprint density at radius 1 is 0.831 bits per heavy atom. The minimum Gasteiger partial charge on any atom is -0.368 e. The Morgan fingerprint density at radius 3 is 2.12 bits per heavy atom. The Morgan fingerprint density at radius 2 is 1.49 bits per heavy atom. The number of hydrogen-bond donors (Lipinski definition) is 9. The van der Waals surface area contributed by atoms with E-state index in [-0.39, 0.29) is 38.1 Å². The summed E-state index contributed by atoms with van der Waals surface area (Å²) >= 11 is 0. The number of nitrogens with one attached hydrogen (secondary N) is 8. The lowest BCUT2D eigenvalue weighted by Crippen LogP contribution is -2.61. The fourth-order valence-corrected chi connectivity index (χ4v) is 7.62. The molecule has 3 rings (SSSR count). The van der Waals surface area contributed by atoms with Crippen molar-refractivity contribution in [2.45, 2.75) is 142 Å². The van der Waals surface area contributed by atoms with Crippen molar-refractivity contribution in [2.24, 2.45) is 17.6 Å². The number of para-hydroxylation sites is 1. The van der Waals surface area contributed by atoms with E-state index in [9.17, 15) is 47.9 Å². The van der Waals surface area contributed by atoms with Gasteiger partial charge in [-0.1, -0.05) is 72.1 Å². The fourth-order valence-electron chi connectivity index (χ4n) is 7.62. The molecule has 9 amide bonds. The van der Waals surface area contributed by atoms with Crippen LogP contribution in [0.15, 0.2) is 30.5 Å². The molecule has 2 aromatic rings. The number of primary amides is 1. The molecule has 65 heavy (non-hydrogen) atoms. The van der Waals surface area contributed by atoms with E-state index in [2.05, 4.69) is 42.2 Å². The fraction of sp³-hybridized carbons (Fsp3) is 0.600. The summed E-state index contributed by atoms with van der Waals surface area (Å²) in [5.74, 6) is -7.51. The number of hydrogen-bond acceptors (Lipinski definition) is 10. The predicted molar refractivity (Wildman–Crippen MR) is 241 cm³/mol. The molecule has 2 heterocycles. The van der Waals surface area contributed by atoms with Crippen LogP contribution >= 0.6 is 0 Å². The van der Waals surface area contributed by atoms with E-state index in [1.807, 2.05) is 52.0 Å². The van der Waals surface area contributed by atoms with Gasteiger partial charge < -0.3 is 52.8 Å². The lowest BCUT2D eigenvalue weighted by molar-refractivity contribution is -0.143. The van der Waals surface area contributed by atoms with Crippen molar-refractivity contribution in [1.82, 2.24) is 47.1 Å². The van der Waals surface area contributed by atoms with E-state index >= 15 is 0 Å². The number of aromatic amines is 1. The molecular weight excluding hydrogens is 841 g/mol. The van der Waals surface area contributed by atoms with Gasteiger partial charge in [-0.15, -0.1) is 0 Å². The van der Waals surface area contributed by atoms with Gasteiger partial charge in [0.15, 0.2) is 0 Å². The first-order chi connectivity index (χ1) is 30.8. The number of nitrogens with zero attached hydrogens (tertiary/aromatic N) is 1. The van der Waals surface area contributed by atoms with E-state index in [1.165, 1.54) is 18.9 Å². The molecule has 1 aliphatic heterocycles. The number of rotatable bonds is 26. The SMILES string of the molecule is CCCC[C@H](NC(=O)[C@H](CCC(=O)C(=O)NC)NC(=O)CNC(C)=O)C(=O)N[C@H](C(=O)N[C@@H](CC(C)C)C(=O)N1CCC[C@H]1C(=O)N[C@@H](Cc1c[nH]c2ccccc12)C(N)=O)[C@@H](C)CC. The summed E-state index contributed by atoms with van der Waals surface area (Å²) in [5.41, 5.74) is 7.40. The maximum atomic E-state index is 14.4. The van der Waals surface area contributed by atoms with Gasteiger partial charge in [0.05, 0.1) is 6.54 Å². The summed E-state index contributed by atoms with van der Waals surface area (Å²) in [7, 11) is 1.27. The molecule has 20 nitrogen and oxygen atoms in total. The number of unbranched alkanes of at least 4 members (excludes halogenated alkanes) is 1. The van der Waals surface area contributed by atoms with E-state index in [0.717, 1.165) is 16.5 Å². The summed E-state index contributed by atoms with van der Waals surface area (Å²) < 4.78 is 0. The second-order valence-corrected chi connectivity index (χ2v) is 17.1. The molecule has 1 aromatic heterocycles. The van der Waals surface area contributed by atoms with Crippen molar-refractivity contribution in [3.05, 3.63) is 36.0 Å². The average molecular weight is 909 g/mol. The maximum Gasteiger partial charge on any atom is 0.287 e. The highest BCUT2D eigenvalue weighted by atomic mass is 16.2. The first kappa shape index (κ1) is 53.0. The Bertz CT molecular complexity index is 2040. The molecule has 0 aliphatic carbocycles. The Hall–Kier alpha value is -6.34. The molecule has 0 saturated carbocycles. The van der Waals surface area contributed by atoms with Crippen LogP contribution in [0.2, 0.25) is 0 Å². The molecular formula is C45H68N10O10. The number of carbonyl (C=O) groups is 10.